The fraction of sp³-hybridized carbons (Fsp3) is 0.267. The molecule has 2 amide bonds. The van der Waals surface area contributed by atoms with Crippen molar-refractivity contribution in [3.8, 4) is 11.4 Å². The monoisotopic (exact) mass is 328 g/mol. The summed E-state index contributed by atoms with van der Waals surface area (Å²) in [5.74, 6) is -0.431. The molecule has 0 radical (unpaired) electrons. The molecular weight excluding hydrogens is 312 g/mol. The number of aliphatic hydroxyl groups is 1. The van der Waals surface area contributed by atoms with E-state index in [1.807, 2.05) is 13.0 Å². The molecule has 0 saturated carbocycles. The highest BCUT2D eigenvalue weighted by molar-refractivity contribution is 6.17. The Labute approximate surface area is 137 Å². The first-order valence-corrected chi connectivity index (χ1v) is 7.46. The van der Waals surface area contributed by atoms with Crippen LogP contribution in [-0.4, -0.2) is 55.2 Å². The Balaban J connectivity index is 1.79. The molecule has 1 aromatic heterocycles. The number of benzene rings is 1. The minimum Gasteiger partial charge on any atom is -0.395 e. The van der Waals surface area contributed by atoms with Crippen molar-refractivity contribution in [1.29, 1.82) is 0 Å². The van der Waals surface area contributed by atoms with E-state index in [1.54, 1.807) is 18.2 Å². The van der Waals surface area contributed by atoms with Gasteiger partial charge in [-0.15, -0.1) is 10.2 Å². The predicted molar refractivity (Wildman–Crippen MR) is 84.4 cm³/mol. The molecule has 2 N–H and O–H groups in total. The highest BCUT2D eigenvalue weighted by Gasteiger charge is 2.30. The largest absolute Gasteiger partial charge is 0.395 e. The number of rotatable bonds is 6. The Morgan fingerprint density at radius 3 is 2.83 bits per heavy atom. The summed E-state index contributed by atoms with van der Waals surface area (Å²) in [6, 6.07) is 7.15. The first-order chi connectivity index (χ1) is 11.6. The standard InChI is InChI=1S/C15H16N6O3/c1-2-21-18-14(17-19-21)10-4-3-5-11(8-10)16-12-9-13(23)20(6-7-22)15(12)24/h3-5,8-9,16,22H,2,6-7H2,1H3. The topological polar surface area (TPSA) is 113 Å². The number of aromatic nitrogens is 4. The second-order valence-electron chi connectivity index (χ2n) is 5.08. The van der Waals surface area contributed by atoms with Gasteiger partial charge in [0.15, 0.2) is 0 Å². The van der Waals surface area contributed by atoms with Gasteiger partial charge in [0.2, 0.25) is 5.82 Å². The van der Waals surface area contributed by atoms with Gasteiger partial charge in [0.1, 0.15) is 5.70 Å². The number of carbonyl (C=O) groups excluding carboxylic acids is 2. The Morgan fingerprint density at radius 1 is 1.29 bits per heavy atom. The summed E-state index contributed by atoms with van der Waals surface area (Å²) in [5.41, 5.74) is 1.53. The molecule has 1 aromatic carbocycles. The fourth-order valence-electron chi connectivity index (χ4n) is 2.29. The number of nitrogens with one attached hydrogen (secondary N) is 1. The number of tetrazole rings is 1. The van der Waals surface area contributed by atoms with E-state index < -0.39 is 11.8 Å². The lowest BCUT2D eigenvalue weighted by molar-refractivity contribution is -0.137. The Morgan fingerprint density at radius 2 is 2.12 bits per heavy atom. The molecule has 0 bridgehead atoms. The molecule has 0 spiro atoms. The van der Waals surface area contributed by atoms with Crippen molar-refractivity contribution < 1.29 is 14.7 Å². The van der Waals surface area contributed by atoms with Crippen molar-refractivity contribution in [1.82, 2.24) is 25.1 Å². The number of aryl methyl sites for hydroxylation is 1. The van der Waals surface area contributed by atoms with E-state index in [1.165, 1.54) is 10.9 Å². The van der Waals surface area contributed by atoms with Crippen molar-refractivity contribution in [2.24, 2.45) is 0 Å². The molecule has 0 atom stereocenters. The lowest BCUT2D eigenvalue weighted by atomic mass is 10.2. The lowest BCUT2D eigenvalue weighted by Gasteiger charge is -2.13. The van der Waals surface area contributed by atoms with Gasteiger partial charge in [0.25, 0.3) is 11.8 Å². The van der Waals surface area contributed by atoms with E-state index >= 15 is 0 Å². The number of anilines is 1. The van der Waals surface area contributed by atoms with Crippen molar-refractivity contribution >= 4 is 17.5 Å². The SMILES string of the molecule is CCn1nnc(-c2cccc(NC3=CC(=O)N(CCO)C3=O)c2)n1. The third kappa shape index (κ3) is 3.01. The number of carbonyl (C=O) groups is 2. The summed E-state index contributed by atoms with van der Waals surface area (Å²) in [7, 11) is 0. The van der Waals surface area contributed by atoms with E-state index in [-0.39, 0.29) is 18.8 Å². The molecule has 0 aliphatic carbocycles. The zero-order chi connectivity index (χ0) is 17.1. The number of β-amino-alcohol motifs (C(OH)–C–C–N with tert-alkyl or cyclic N) is 1. The number of imide groups is 1. The van der Waals surface area contributed by atoms with Crippen LogP contribution in [0, 0.1) is 0 Å². The summed E-state index contributed by atoms with van der Waals surface area (Å²) >= 11 is 0. The van der Waals surface area contributed by atoms with Crippen LogP contribution < -0.4 is 5.32 Å². The molecule has 0 unspecified atom stereocenters. The van der Waals surface area contributed by atoms with Gasteiger partial charge in [-0.25, -0.2) is 0 Å². The highest BCUT2D eigenvalue weighted by Crippen LogP contribution is 2.22. The number of hydrogen-bond donors (Lipinski definition) is 2. The summed E-state index contributed by atoms with van der Waals surface area (Å²) in [6.45, 7) is 2.24. The van der Waals surface area contributed by atoms with Crippen LogP contribution >= 0.6 is 0 Å². The average Bonchev–Trinajstić information content (AvgIpc) is 3.16. The van der Waals surface area contributed by atoms with E-state index in [0.717, 1.165) is 10.5 Å². The first-order valence-electron chi connectivity index (χ1n) is 7.46. The predicted octanol–water partition coefficient (Wildman–Crippen LogP) is 0.0169. The second kappa shape index (κ2) is 6.59. The zero-order valence-electron chi connectivity index (χ0n) is 13.0. The maximum Gasteiger partial charge on any atom is 0.277 e. The second-order valence-corrected chi connectivity index (χ2v) is 5.08. The molecule has 0 fully saturated rings. The summed E-state index contributed by atoms with van der Waals surface area (Å²) < 4.78 is 0. The van der Waals surface area contributed by atoms with E-state index in [0.29, 0.717) is 18.1 Å². The van der Waals surface area contributed by atoms with E-state index in [2.05, 4.69) is 20.7 Å². The van der Waals surface area contributed by atoms with Gasteiger partial charge in [-0.1, -0.05) is 12.1 Å². The smallest absolute Gasteiger partial charge is 0.277 e. The number of aliphatic hydroxyl groups excluding tert-OH is 1. The molecule has 9 nitrogen and oxygen atoms in total. The van der Waals surface area contributed by atoms with E-state index in [9.17, 15) is 9.59 Å². The maximum absolute atomic E-state index is 12.1. The van der Waals surface area contributed by atoms with Crippen LogP contribution in [0.25, 0.3) is 11.4 Å². The van der Waals surface area contributed by atoms with E-state index in [4.69, 9.17) is 5.11 Å². The van der Waals surface area contributed by atoms with Gasteiger partial charge in [-0.05, 0) is 24.3 Å². The molecule has 2 aromatic rings. The van der Waals surface area contributed by atoms with Gasteiger partial charge in [-0.3, -0.25) is 14.5 Å². The minimum absolute atomic E-state index is 0.0244. The van der Waals surface area contributed by atoms with Crippen LogP contribution in [0.15, 0.2) is 36.0 Å². The molecule has 0 saturated heterocycles. The Hall–Kier alpha value is -3.07. The van der Waals surface area contributed by atoms with Gasteiger partial charge >= 0.3 is 0 Å². The van der Waals surface area contributed by atoms with Crippen molar-refractivity contribution in [2.45, 2.75) is 13.5 Å². The molecule has 2 heterocycles. The van der Waals surface area contributed by atoms with Crippen LogP contribution in [0.4, 0.5) is 5.69 Å². The lowest BCUT2D eigenvalue weighted by Crippen LogP contribution is -2.34. The Kier molecular flexibility index (Phi) is 4.34. The fourth-order valence-corrected chi connectivity index (χ4v) is 2.29. The maximum atomic E-state index is 12.1. The summed E-state index contributed by atoms with van der Waals surface area (Å²) in [5, 5.41) is 24.0. The molecule has 9 heteroatoms. The van der Waals surface area contributed by atoms with Gasteiger partial charge in [-0.2, -0.15) is 4.80 Å². The van der Waals surface area contributed by atoms with Crippen molar-refractivity contribution in [3.63, 3.8) is 0 Å². The van der Waals surface area contributed by atoms with Gasteiger partial charge in [0, 0.05) is 17.3 Å². The quantitative estimate of drug-likeness (QED) is 0.718. The normalized spacial score (nSPS) is 14.2. The summed E-state index contributed by atoms with van der Waals surface area (Å²) in [6.07, 6.45) is 1.22. The molecular formula is C15H16N6O3. The molecule has 1 aliphatic heterocycles. The van der Waals surface area contributed by atoms with Crippen molar-refractivity contribution in [2.75, 3.05) is 18.5 Å². The molecule has 1 aliphatic rings. The van der Waals surface area contributed by atoms with Crippen LogP contribution in [0.1, 0.15) is 6.92 Å². The van der Waals surface area contributed by atoms with Gasteiger partial charge in [0.05, 0.1) is 19.7 Å². The molecule has 3 rings (SSSR count). The zero-order valence-corrected chi connectivity index (χ0v) is 13.0. The number of nitrogens with zero attached hydrogens (tertiary/aromatic N) is 5. The van der Waals surface area contributed by atoms with Gasteiger partial charge < -0.3 is 10.4 Å². The molecule has 124 valence electrons. The van der Waals surface area contributed by atoms with Crippen LogP contribution in [0.3, 0.4) is 0 Å². The summed E-state index contributed by atoms with van der Waals surface area (Å²) in [4.78, 5) is 26.3. The first kappa shape index (κ1) is 15.8. The average molecular weight is 328 g/mol. The third-order valence-electron chi connectivity index (χ3n) is 3.47. The highest BCUT2D eigenvalue weighted by atomic mass is 16.3. The molecule has 24 heavy (non-hydrogen) atoms. The van der Waals surface area contributed by atoms with Crippen molar-refractivity contribution in [3.05, 3.63) is 36.0 Å². The van der Waals surface area contributed by atoms with Crippen LogP contribution in [0.5, 0.6) is 0 Å². The third-order valence-corrected chi connectivity index (χ3v) is 3.47. The number of amides is 2. The van der Waals surface area contributed by atoms with Crippen LogP contribution in [-0.2, 0) is 16.1 Å². The number of hydrogen-bond acceptors (Lipinski definition) is 7. The van der Waals surface area contributed by atoms with Crippen LogP contribution in [0.2, 0.25) is 0 Å². The minimum atomic E-state index is -0.463. The Bertz CT molecular complexity index is 813.